The normalized spacial score (nSPS) is 10.3. The summed E-state index contributed by atoms with van der Waals surface area (Å²) in [5, 5.41) is 28.7. The predicted molar refractivity (Wildman–Crippen MR) is 131 cm³/mol. The first-order valence-corrected chi connectivity index (χ1v) is 11.6. The van der Waals surface area contributed by atoms with Gasteiger partial charge in [0.2, 0.25) is 0 Å². The minimum atomic E-state index is -0.411. The molecule has 0 saturated carbocycles. The van der Waals surface area contributed by atoms with Crippen molar-refractivity contribution in [2.75, 3.05) is 7.05 Å². The Morgan fingerprint density at radius 1 is 0.879 bits per heavy atom. The molecule has 6 nitrogen and oxygen atoms in total. The zero-order chi connectivity index (χ0) is 24.7. The molecule has 176 valence electrons. The maximum Gasteiger partial charge on any atom is 0.257 e. The Morgan fingerprint density at radius 2 is 1.52 bits per heavy atom. The molecule has 1 amide bonds. The lowest BCUT2D eigenvalue weighted by Gasteiger charge is -2.17. The second-order valence-electron chi connectivity index (χ2n) is 7.78. The van der Waals surface area contributed by atoms with Crippen molar-refractivity contribution >= 4 is 23.0 Å². The highest BCUT2D eigenvalue weighted by Crippen LogP contribution is 2.29. The number of nitrogens with zero attached hydrogens (tertiary/aromatic N) is 1. The molecule has 1 heterocycles. The van der Waals surface area contributed by atoms with Gasteiger partial charge in [-0.1, -0.05) is 19.9 Å². The lowest BCUT2D eigenvalue weighted by Crippen LogP contribution is -2.26. The van der Waals surface area contributed by atoms with Crippen LogP contribution in [0, 0.1) is 6.92 Å². The molecule has 0 aliphatic heterocycles. The molecule has 7 heteroatoms. The number of phenolic OH excluding ortho intramolecular Hbond substituents is 3. The molecule has 0 aliphatic rings. The molecule has 0 atom stereocenters. The predicted octanol–water partition coefficient (Wildman–Crippen LogP) is 5.46. The Labute approximate surface area is 198 Å². The number of ketones is 1. The van der Waals surface area contributed by atoms with Crippen molar-refractivity contribution in [1.82, 2.24) is 4.90 Å². The molecule has 0 radical (unpaired) electrons. The van der Waals surface area contributed by atoms with E-state index in [1.807, 2.05) is 31.2 Å². The van der Waals surface area contributed by atoms with Crippen LogP contribution in [0.25, 0.3) is 0 Å². The summed E-state index contributed by atoms with van der Waals surface area (Å²) in [7, 11) is 1.62. The van der Waals surface area contributed by atoms with E-state index in [0.29, 0.717) is 12.3 Å². The number of amides is 1. The fraction of sp³-hybridized carbons (Fsp3) is 0.308. The number of rotatable bonds is 6. The lowest BCUT2D eigenvalue weighted by molar-refractivity contribution is 0.0783. The van der Waals surface area contributed by atoms with Crippen LogP contribution in [0.2, 0.25) is 0 Å². The first-order valence-electron chi connectivity index (χ1n) is 10.8. The third-order valence-corrected chi connectivity index (χ3v) is 6.20. The van der Waals surface area contributed by atoms with Crippen LogP contribution in [0.3, 0.4) is 0 Å². The highest BCUT2D eigenvalue weighted by molar-refractivity contribution is 7.11. The summed E-state index contributed by atoms with van der Waals surface area (Å²) < 4.78 is 0. The standard InChI is InChI=1S/C16H17NO4S.C10H14O/c1-9-4-5-11(22-9)8-17(3)16(21)13-6-12(10(2)18)14(19)7-15(13)20;1-3-8-5-6-10(11)7-9(8)4-2/h4-7,19-20H,8H2,1-3H3;5-7,11H,3-4H2,1-2H3. The number of thiophene rings is 1. The van der Waals surface area contributed by atoms with Gasteiger partial charge >= 0.3 is 0 Å². The number of carbonyl (C=O) groups excluding carboxylic acids is 2. The summed E-state index contributed by atoms with van der Waals surface area (Å²) in [6.07, 6.45) is 2.04. The van der Waals surface area contributed by atoms with Crippen LogP contribution in [0.1, 0.15) is 62.4 Å². The van der Waals surface area contributed by atoms with E-state index in [1.165, 1.54) is 29.0 Å². The monoisotopic (exact) mass is 469 g/mol. The van der Waals surface area contributed by atoms with E-state index < -0.39 is 5.91 Å². The number of carbonyl (C=O) groups is 2. The smallest absolute Gasteiger partial charge is 0.257 e. The number of aromatic hydroxyl groups is 3. The van der Waals surface area contributed by atoms with Crippen molar-refractivity contribution in [2.24, 2.45) is 0 Å². The van der Waals surface area contributed by atoms with Gasteiger partial charge in [-0.3, -0.25) is 9.59 Å². The molecule has 0 fully saturated rings. The van der Waals surface area contributed by atoms with Crippen molar-refractivity contribution in [3.63, 3.8) is 0 Å². The molecule has 33 heavy (non-hydrogen) atoms. The molecule has 0 saturated heterocycles. The van der Waals surface area contributed by atoms with Gasteiger partial charge in [0.15, 0.2) is 5.78 Å². The SMILES string of the molecule is CC(=O)c1cc(C(=O)N(C)Cc2ccc(C)s2)c(O)cc1O.CCc1ccc(O)cc1CC. The molecule has 3 N–H and O–H groups in total. The second-order valence-corrected chi connectivity index (χ2v) is 9.15. The van der Waals surface area contributed by atoms with Gasteiger partial charge in [-0.05, 0) is 68.1 Å². The number of benzene rings is 2. The van der Waals surface area contributed by atoms with Crippen LogP contribution in [0.5, 0.6) is 17.2 Å². The average Bonchev–Trinajstić information content (AvgIpc) is 3.17. The van der Waals surface area contributed by atoms with Crippen molar-refractivity contribution in [3.05, 3.63) is 74.5 Å². The van der Waals surface area contributed by atoms with Crippen LogP contribution in [-0.4, -0.2) is 39.0 Å². The van der Waals surface area contributed by atoms with Crippen molar-refractivity contribution in [2.45, 2.75) is 47.1 Å². The van der Waals surface area contributed by atoms with Crippen LogP contribution in [0.4, 0.5) is 0 Å². The molecule has 0 aliphatic carbocycles. The molecular weight excluding hydrogens is 438 g/mol. The Hall–Kier alpha value is -3.32. The Bertz CT molecular complexity index is 1140. The van der Waals surface area contributed by atoms with Crippen molar-refractivity contribution < 1.29 is 24.9 Å². The van der Waals surface area contributed by atoms with E-state index in [9.17, 15) is 19.8 Å². The van der Waals surface area contributed by atoms with Crippen molar-refractivity contribution in [1.29, 1.82) is 0 Å². The topological polar surface area (TPSA) is 98.1 Å². The summed E-state index contributed by atoms with van der Waals surface area (Å²) >= 11 is 1.59. The Balaban J connectivity index is 0.000000294. The molecule has 0 bridgehead atoms. The molecule has 3 rings (SSSR count). The van der Waals surface area contributed by atoms with Crippen LogP contribution < -0.4 is 0 Å². The van der Waals surface area contributed by atoms with E-state index in [-0.39, 0.29) is 28.4 Å². The summed E-state index contributed by atoms with van der Waals surface area (Å²) in [6, 6.07) is 11.8. The summed E-state index contributed by atoms with van der Waals surface area (Å²) in [5.74, 6) is -1.09. The fourth-order valence-electron chi connectivity index (χ4n) is 3.40. The van der Waals surface area contributed by atoms with E-state index in [2.05, 4.69) is 13.8 Å². The number of hydrogen-bond acceptors (Lipinski definition) is 6. The van der Waals surface area contributed by atoms with Gasteiger partial charge in [-0.2, -0.15) is 0 Å². The molecule has 3 aromatic rings. The number of hydrogen-bond donors (Lipinski definition) is 3. The molecule has 0 spiro atoms. The maximum atomic E-state index is 12.4. The molecule has 0 unspecified atom stereocenters. The van der Waals surface area contributed by atoms with Gasteiger partial charge < -0.3 is 20.2 Å². The minimum absolute atomic E-state index is 0.00113. The van der Waals surface area contributed by atoms with Crippen molar-refractivity contribution in [3.8, 4) is 17.2 Å². The van der Waals surface area contributed by atoms with E-state index in [0.717, 1.165) is 28.7 Å². The first-order chi connectivity index (χ1) is 15.6. The summed E-state index contributed by atoms with van der Waals surface area (Å²) in [4.78, 5) is 27.5. The van der Waals surface area contributed by atoms with Gasteiger partial charge in [-0.25, -0.2) is 0 Å². The largest absolute Gasteiger partial charge is 0.508 e. The number of Topliss-reactive ketones (excluding diaryl/α,β-unsaturated/α-hetero) is 1. The van der Waals surface area contributed by atoms with Gasteiger partial charge in [0, 0.05) is 22.9 Å². The maximum absolute atomic E-state index is 12.4. The first kappa shape index (κ1) is 25.9. The lowest BCUT2D eigenvalue weighted by atomic mass is 10.0. The zero-order valence-electron chi connectivity index (χ0n) is 19.7. The second kappa shape index (κ2) is 11.5. The third kappa shape index (κ3) is 6.83. The van der Waals surface area contributed by atoms with Crippen LogP contribution in [0.15, 0.2) is 42.5 Å². The molecule has 1 aromatic heterocycles. The number of phenols is 3. The van der Waals surface area contributed by atoms with Gasteiger partial charge in [0.25, 0.3) is 5.91 Å². The summed E-state index contributed by atoms with van der Waals surface area (Å²) in [5.41, 5.74) is 2.61. The Morgan fingerprint density at radius 3 is 2.06 bits per heavy atom. The summed E-state index contributed by atoms with van der Waals surface area (Å²) in [6.45, 7) is 7.92. The van der Waals surface area contributed by atoms with Gasteiger partial charge in [0.05, 0.1) is 17.7 Å². The minimum Gasteiger partial charge on any atom is -0.508 e. The van der Waals surface area contributed by atoms with Crippen LogP contribution in [-0.2, 0) is 19.4 Å². The molecule has 2 aromatic carbocycles. The highest BCUT2D eigenvalue weighted by atomic mass is 32.1. The third-order valence-electron chi connectivity index (χ3n) is 5.21. The van der Waals surface area contributed by atoms with E-state index in [4.69, 9.17) is 5.11 Å². The van der Waals surface area contributed by atoms with E-state index in [1.54, 1.807) is 24.5 Å². The fourth-order valence-corrected chi connectivity index (χ4v) is 4.34. The van der Waals surface area contributed by atoms with E-state index >= 15 is 0 Å². The Kier molecular flexibility index (Phi) is 9.05. The zero-order valence-corrected chi connectivity index (χ0v) is 20.5. The number of aryl methyl sites for hydroxylation is 3. The highest BCUT2D eigenvalue weighted by Gasteiger charge is 2.20. The van der Waals surface area contributed by atoms with Crippen LogP contribution >= 0.6 is 11.3 Å². The average molecular weight is 470 g/mol. The van der Waals surface area contributed by atoms with Gasteiger partial charge in [-0.15, -0.1) is 11.3 Å². The van der Waals surface area contributed by atoms with Gasteiger partial charge in [0.1, 0.15) is 17.2 Å². The molecular formula is C26H31NO5S. The quantitative estimate of drug-likeness (QED) is 0.417.